The lowest BCUT2D eigenvalue weighted by atomic mass is 9.64. The number of amides is 2. The van der Waals surface area contributed by atoms with Crippen molar-refractivity contribution in [1.29, 1.82) is 0 Å². The Kier molecular flexibility index (Phi) is 3.10. The van der Waals surface area contributed by atoms with Crippen molar-refractivity contribution in [2.75, 3.05) is 20.2 Å². The summed E-state index contributed by atoms with van der Waals surface area (Å²) >= 11 is 0. The van der Waals surface area contributed by atoms with Crippen LogP contribution in [0.15, 0.2) is 0 Å². The number of nitrogens with zero attached hydrogens (tertiary/aromatic N) is 1. The molecule has 4 nitrogen and oxygen atoms in total. The smallest absolute Gasteiger partial charge is 0.317 e. The number of carbonyl (C=O) groups is 1. The number of methoxy groups -OCH3 is 1. The number of nitrogens with one attached hydrogen (secondary N) is 1. The van der Waals surface area contributed by atoms with E-state index in [0.29, 0.717) is 0 Å². The van der Waals surface area contributed by atoms with Gasteiger partial charge in [0.1, 0.15) is 0 Å². The first-order valence-corrected chi connectivity index (χ1v) is 6.14. The summed E-state index contributed by atoms with van der Waals surface area (Å²) < 4.78 is 5.37. The van der Waals surface area contributed by atoms with Crippen LogP contribution in [0, 0.1) is 5.41 Å². The lowest BCUT2D eigenvalue weighted by molar-refractivity contribution is -0.0942. The molecule has 2 unspecified atom stereocenters. The summed E-state index contributed by atoms with van der Waals surface area (Å²) in [5.41, 5.74) is 0.0597. The van der Waals surface area contributed by atoms with Crippen LogP contribution in [-0.4, -0.2) is 43.3 Å². The molecule has 2 fully saturated rings. The fourth-order valence-electron chi connectivity index (χ4n) is 2.69. The molecule has 1 saturated heterocycles. The van der Waals surface area contributed by atoms with Gasteiger partial charge in [0, 0.05) is 31.7 Å². The molecule has 1 aliphatic heterocycles. The maximum absolute atomic E-state index is 11.9. The van der Waals surface area contributed by atoms with Crippen molar-refractivity contribution in [3.63, 3.8) is 0 Å². The van der Waals surface area contributed by atoms with Crippen LogP contribution in [0.4, 0.5) is 4.79 Å². The first kappa shape index (κ1) is 11.7. The molecule has 4 heteroatoms. The van der Waals surface area contributed by atoms with Crippen LogP contribution < -0.4 is 5.32 Å². The van der Waals surface area contributed by atoms with Crippen molar-refractivity contribution in [3.8, 4) is 0 Å². The van der Waals surface area contributed by atoms with E-state index in [0.717, 1.165) is 32.4 Å². The summed E-state index contributed by atoms with van der Waals surface area (Å²) in [5, 5.41) is 3.12. The van der Waals surface area contributed by atoms with Crippen LogP contribution in [0.5, 0.6) is 0 Å². The number of carbonyl (C=O) groups excluding carboxylic acids is 1. The van der Waals surface area contributed by atoms with Gasteiger partial charge in [0.15, 0.2) is 0 Å². The number of ether oxygens (including phenoxy) is 1. The van der Waals surface area contributed by atoms with E-state index >= 15 is 0 Å². The fraction of sp³-hybridized carbons (Fsp3) is 0.917. The lowest BCUT2D eigenvalue weighted by Crippen LogP contribution is -2.63. The Morgan fingerprint density at radius 1 is 1.38 bits per heavy atom. The van der Waals surface area contributed by atoms with Gasteiger partial charge in [0.05, 0.1) is 6.10 Å². The zero-order chi connectivity index (χ0) is 11.8. The van der Waals surface area contributed by atoms with E-state index in [-0.39, 0.29) is 23.6 Å². The van der Waals surface area contributed by atoms with E-state index in [2.05, 4.69) is 19.2 Å². The highest BCUT2D eigenvalue weighted by Gasteiger charge is 2.49. The van der Waals surface area contributed by atoms with Gasteiger partial charge in [-0.25, -0.2) is 4.79 Å². The quantitative estimate of drug-likeness (QED) is 0.777. The third-order valence-electron chi connectivity index (χ3n) is 4.15. The normalized spacial score (nSPS) is 32.3. The second kappa shape index (κ2) is 4.24. The van der Waals surface area contributed by atoms with Crippen molar-refractivity contribution >= 4 is 6.03 Å². The Balaban J connectivity index is 1.84. The highest BCUT2D eigenvalue weighted by molar-refractivity contribution is 5.75. The largest absolute Gasteiger partial charge is 0.381 e. The lowest BCUT2D eigenvalue weighted by Gasteiger charge is -2.51. The average molecular weight is 226 g/mol. The molecule has 1 saturated carbocycles. The van der Waals surface area contributed by atoms with Gasteiger partial charge < -0.3 is 15.0 Å². The summed E-state index contributed by atoms with van der Waals surface area (Å²) in [6.45, 7) is 6.12. The summed E-state index contributed by atoms with van der Waals surface area (Å²) in [7, 11) is 1.74. The average Bonchev–Trinajstić information content (AvgIpc) is 2.76. The topological polar surface area (TPSA) is 41.6 Å². The molecular weight excluding hydrogens is 204 g/mol. The Morgan fingerprint density at radius 3 is 2.50 bits per heavy atom. The minimum atomic E-state index is 0.0597. The number of urea groups is 1. The summed E-state index contributed by atoms with van der Waals surface area (Å²) in [6.07, 6.45) is 3.49. The zero-order valence-electron chi connectivity index (χ0n) is 10.5. The number of hydrogen-bond donors (Lipinski definition) is 1. The summed E-state index contributed by atoms with van der Waals surface area (Å²) in [4.78, 5) is 13.8. The minimum absolute atomic E-state index is 0.0597. The summed E-state index contributed by atoms with van der Waals surface area (Å²) in [6, 6.07) is 0.357. The molecule has 2 atom stereocenters. The van der Waals surface area contributed by atoms with E-state index in [1.807, 2.05) is 4.90 Å². The highest BCUT2D eigenvalue weighted by atomic mass is 16.5. The molecule has 0 aromatic carbocycles. The molecule has 0 aromatic rings. The third-order valence-corrected chi connectivity index (χ3v) is 4.15. The van der Waals surface area contributed by atoms with Gasteiger partial charge in [-0.1, -0.05) is 13.8 Å². The van der Waals surface area contributed by atoms with Crippen molar-refractivity contribution in [2.24, 2.45) is 5.41 Å². The van der Waals surface area contributed by atoms with Crippen LogP contribution in [0.3, 0.4) is 0 Å². The SMILES string of the molecule is COC1CC(NC(=O)N2CCCC2)C1(C)C. The predicted molar refractivity (Wildman–Crippen MR) is 62.3 cm³/mol. The minimum Gasteiger partial charge on any atom is -0.381 e. The molecule has 0 spiro atoms. The van der Waals surface area contributed by atoms with Gasteiger partial charge >= 0.3 is 6.03 Å². The highest BCUT2D eigenvalue weighted by Crippen LogP contribution is 2.42. The maximum Gasteiger partial charge on any atom is 0.317 e. The van der Waals surface area contributed by atoms with Crippen LogP contribution in [0.2, 0.25) is 0 Å². The second-order valence-electron chi connectivity index (χ2n) is 5.48. The molecule has 2 rings (SSSR count). The molecule has 1 aliphatic carbocycles. The summed E-state index contributed by atoms with van der Waals surface area (Å²) in [5.74, 6) is 0. The Labute approximate surface area is 97.3 Å². The monoisotopic (exact) mass is 226 g/mol. The molecule has 0 aromatic heterocycles. The van der Waals surface area contributed by atoms with Crippen molar-refractivity contribution in [3.05, 3.63) is 0 Å². The van der Waals surface area contributed by atoms with E-state index in [1.165, 1.54) is 0 Å². The van der Waals surface area contributed by atoms with Crippen LogP contribution in [-0.2, 0) is 4.74 Å². The standard InChI is InChI=1S/C12H22N2O2/c1-12(2)9(8-10(12)16-3)13-11(15)14-6-4-5-7-14/h9-10H,4-8H2,1-3H3,(H,13,15). The van der Waals surface area contributed by atoms with Crippen molar-refractivity contribution in [2.45, 2.75) is 45.3 Å². The third kappa shape index (κ3) is 1.90. The first-order chi connectivity index (χ1) is 7.55. The van der Waals surface area contributed by atoms with Crippen molar-refractivity contribution in [1.82, 2.24) is 10.2 Å². The number of rotatable bonds is 2. The van der Waals surface area contributed by atoms with Crippen LogP contribution >= 0.6 is 0 Å². The second-order valence-corrected chi connectivity index (χ2v) is 5.48. The van der Waals surface area contributed by atoms with Gasteiger partial charge in [0.2, 0.25) is 0 Å². The Morgan fingerprint density at radius 2 is 2.00 bits per heavy atom. The van der Waals surface area contributed by atoms with Crippen LogP contribution in [0.25, 0.3) is 0 Å². The molecule has 0 radical (unpaired) electrons. The molecule has 2 aliphatic rings. The van der Waals surface area contributed by atoms with Gasteiger partial charge in [0.25, 0.3) is 0 Å². The van der Waals surface area contributed by atoms with Gasteiger partial charge in [-0.15, -0.1) is 0 Å². The van der Waals surface area contributed by atoms with E-state index in [9.17, 15) is 4.79 Å². The molecular formula is C12H22N2O2. The molecule has 1 N–H and O–H groups in total. The predicted octanol–water partition coefficient (Wildman–Crippen LogP) is 1.61. The van der Waals surface area contributed by atoms with Crippen molar-refractivity contribution < 1.29 is 9.53 Å². The zero-order valence-corrected chi connectivity index (χ0v) is 10.5. The molecule has 2 amide bonds. The number of likely N-dealkylation sites (tertiary alicyclic amines) is 1. The molecule has 1 heterocycles. The van der Waals surface area contributed by atoms with E-state index in [1.54, 1.807) is 7.11 Å². The Bertz CT molecular complexity index is 272. The van der Waals surface area contributed by atoms with E-state index < -0.39 is 0 Å². The number of hydrogen-bond acceptors (Lipinski definition) is 2. The first-order valence-electron chi connectivity index (χ1n) is 6.14. The van der Waals surface area contributed by atoms with Gasteiger partial charge in [-0.2, -0.15) is 0 Å². The van der Waals surface area contributed by atoms with Gasteiger partial charge in [-0.3, -0.25) is 0 Å². The Hall–Kier alpha value is -0.770. The van der Waals surface area contributed by atoms with E-state index in [4.69, 9.17) is 4.74 Å². The maximum atomic E-state index is 11.9. The fourth-order valence-corrected chi connectivity index (χ4v) is 2.69. The molecule has 92 valence electrons. The van der Waals surface area contributed by atoms with Gasteiger partial charge in [-0.05, 0) is 19.3 Å². The van der Waals surface area contributed by atoms with Crippen LogP contribution in [0.1, 0.15) is 33.1 Å². The molecule has 16 heavy (non-hydrogen) atoms. The molecule has 0 bridgehead atoms.